The van der Waals surface area contributed by atoms with E-state index >= 15 is 0 Å². The van der Waals surface area contributed by atoms with Gasteiger partial charge in [0.2, 0.25) is 0 Å². The number of likely N-dealkylation sites (N-methyl/N-ethyl adjacent to an activating group) is 1. The fraction of sp³-hybridized carbons (Fsp3) is 0.350. The van der Waals surface area contributed by atoms with Crippen LogP contribution in [0.25, 0.3) is 11.1 Å². The van der Waals surface area contributed by atoms with E-state index in [-0.39, 0.29) is 5.91 Å². The highest BCUT2D eigenvalue weighted by Gasteiger charge is 2.36. The van der Waals surface area contributed by atoms with Crippen molar-refractivity contribution in [2.45, 2.75) is 12.8 Å². The topological polar surface area (TPSA) is 32.3 Å². The predicted molar refractivity (Wildman–Crippen MR) is 92.7 cm³/mol. The lowest BCUT2D eigenvalue weighted by molar-refractivity contribution is 0.0951. The molecular weight excluding hydrogens is 284 g/mol. The van der Waals surface area contributed by atoms with E-state index in [9.17, 15) is 4.79 Å². The lowest BCUT2D eigenvalue weighted by atomic mass is 9.86. The molecule has 2 aromatic rings. The first-order valence-electron chi connectivity index (χ1n) is 8.29. The Hall–Kier alpha value is -2.13. The molecule has 2 aromatic carbocycles. The van der Waals surface area contributed by atoms with Gasteiger partial charge in [-0.05, 0) is 42.6 Å². The Balaban J connectivity index is 1.78. The van der Waals surface area contributed by atoms with Gasteiger partial charge in [0.05, 0.1) is 0 Å². The minimum atomic E-state index is 0.0750. The molecule has 118 valence electrons. The average molecular weight is 306 g/mol. The molecule has 0 aliphatic carbocycles. The zero-order valence-corrected chi connectivity index (χ0v) is 13.7. The molecule has 1 fully saturated rings. The van der Waals surface area contributed by atoms with Crippen LogP contribution in [0.1, 0.15) is 27.4 Å². The third-order valence-corrected chi connectivity index (χ3v) is 5.23. The fourth-order valence-corrected chi connectivity index (χ4v) is 3.97. The van der Waals surface area contributed by atoms with Gasteiger partial charge < -0.3 is 10.2 Å². The summed E-state index contributed by atoms with van der Waals surface area (Å²) in [4.78, 5) is 14.9. The molecule has 3 heteroatoms. The monoisotopic (exact) mass is 306 g/mol. The maximum Gasteiger partial charge on any atom is 0.251 e. The van der Waals surface area contributed by atoms with Crippen molar-refractivity contribution in [3.8, 4) is 11.1 Å². The van der Waals surface area contributed by atoms with Crippen LogP contribution in [0.15, 0.2) is 42.5 Å². The van der Waals surface area contributed by atoms with Crippen LogP contribution in [0.5, 0.6) is 0 Å². The van der Waals surface area contributed by atoms with E-state index in [1.165, 1.54) is 11.1 Å². The van der Waals surface area contributed by atoms with E-state index in [0.29, 0.717) is 11.8 Å². The lowest BCUT2D eigenvalue weighted by Gasteiger charge is -2.17. The highest BCUT2D eigenvalue weighted by molar-refractivity contribution is 5.97. The molecule has 0 spiro atoms. The van der Waals surface area contributed by atoms with Gasteiger partial charge in [0.1, 0.15) is 0 Å². The molecule has 0 radical (unpaired) electrons. The van der Waals surface area contributed by atoms with Crippen LogP contribution in [0.4, 0.5) is 0 Å². The molecule has 1 amide bonds. The van der Waals surface area contributed by atoms with E-state index in [1.807, 2.05) is 0 Å². The van der Waals surface area contributed by atoms with Crippen molar-refractivity contribution >= 4 is 5.91 Å². The number of carbonyl (C=O) groups excluding carboxylic acids is 1. The first-order chi connectivity index (χ1) is 11.1. The van der Waals surface area contributed by atoms with Gasteiger partial charge in [-0.15, -0.1) is 0 Å². The molecule has 23 heavy (non-hydrogen) atoms. The van der Waals surface area contributed by atoms with Crippen LogP contribution < -0.4 is 5.32 Å². The number of rotatable bonds is 1. The number of likely N-dealkylation sites (tertiary alicyclic amines) is 1. The van der Waals surface area contributed by atoms with E-state index in [1.54, 1.807) is 0 Å². The van der Waals surface area contributed by atoms with Crippen LogP contribution in [0.3, 0.4) is 0 Å². The normalized spacial score (nSPS) is 23.8. The Labute approximate surface area is 137 Å². The van der Waals surface area contributed by atoms with Crippen LogP contribution in [-0.4, -0.2) is 37.5 Å². The van der Waals surface area contributed by atoms with Crippen molar-refractivity contribution in [1.29, 1.82) is 0 Å². The summed E-state index contributed by atoms with van der Waals surface area (Å²) in [5.41, 5.74) is 5.59. The number of carbonyl (C=O) groups is 1. The molecule has 4 rings (SSSR count). The summed E-state index contributed by atoms with van der Waals surface area (Å²) < 4.78 is 0. The van der Waals surface area contributed by atoms with Crippen molar-refractivity contribution in [1.82, 2.24) is 10.2 Å². The van der Waals surface area contributed by atoms with Crippen molar-refractivity contribution in [3.05, 3.63) is 59.2 Å². The summed E-state index contributed by atoms with van der Waals surface area (Å²) in [6.07, 6.45) is 0. The highest BCUT2D eigenvalue weighted by Crippen LogP contribution is 2.37. The zero-order chi connectivity index (χ0) is 16.0. The first kappa shape index (κ1) is 14.5. The quantitative estimate of drug-likeness (QED) is 0.878. The van der Waals surface area contributed by atoms with Gasteiger partial charge in [-0.1, -0.05) is 42.0 Å². The number of nitrogens with one attached hydrogen (secondary N) is 1. The summed E-state index contributed by atoms with van der Waals surface area (Å²) in [5.74, 6) is 1.06. The Morgan fingerprint density at radius 2 is 1.78 bits per heavy atom. The summed E-state index contributed by atoms with van der Waals surface area (Å²) in [6, 6.07) is 14.9. The maximum atomic E-state index is 12.5. The SMILES string of the molecule is Cc1ccc(-c2ccc3c(c2)C(=O)NC[C@H]2CN(C)C[C@H]32)cc1. The number of nitrogens with zero attached hydrogens (tertiary/aromatic N) is 1. The summed E-state index contributed by atoms with van der Waals surface area (Å²) >= 11 is 0. The third-order valence-electron chi connectivity index (χ3n) is 5.23. The zero-order valence-electron chi connectivity index (χ0n) is 13.7. The largest absolute Gasteiger partial charge is 0.352 e. The first-order valence-corrected chi connectivity index (χ1v) is 8.29. The number of hydrogen-bond acceptors (Lipinski definition) is 2. The van der Waals surface area contributed by atoms with Crippen molar-refractivity contribution in [2.24, 2.45) is 5.92 Å². The summed E-state index contributed by atoms with van der Waals surface area (Å²) in [7, 11) is 2.16. The number of hydrogen-bond donors (Lipinski definition) is 1. The van der Waals surface area contributed by atoms with Gasteiger partial charge >= 0.3 is 0 Å². The van der Waals surface area contributed by atoms with E-state index in [2.05, 4.69) is 66.7 Å². The summed E-state index contributed by atoms with van der Waals surface area (Å²) in [6.45, 7) is 4.97. The number of aryl methyl sites for hydroxylation is 1. The van der Waals surface area contributed by atoms with E-state index < -0.39 is 0 Å². The summed E-state index contributed by atoms with van der Waals surface area (Å²) in [5, 5.41) is 3.11. The number of benzene rings is 2. The molecule has 2 heterocycles. The van der Waals surface area contributed by atoms with Gasteiger partial charge in [-0.3, -0.25) is 4.79 Å². The molecule has 2 atom stereocenters. The van der Waals surface area contributed by atoms with Crippen LogP contribution in [-0.2, 0) is 0 Å². The van der Waals surface area contributed by atoms with Gasteiger partial charge in [0, 0.05) is 31.1 Å². The molecule has 2 aliphatic heterocycles. The predicted octanol–water partition coefficient (Wildman–Crippen LogP) is 3.05. The van der Waals surface area contributed by atoms with Gasteiger partial charge in [0.25, 0.3) is 5.91 Å². The smallest absolute Gasteiger partial charge is 0.251 e. The Kier molecular flexibility index (Phi) is 3.46. The van der Waals surface area contributed by atoms with Crippen LogP contribution >= 0.6 is 0 Å². The van der Waals surface area contributed by atoms with Gasteiger partial charge in [0.15, 0.2) is 0 Å². The second-order valence-electron chi connectivity index (χ2n) is 6.97. The minimum absolute atomic E-state index is 0.0750. The van der Waals surface area contributed by atoms with Crippen molar-refractivity contribution in [3.63, 3.8) is 0 Å². The molecule has 0 bridgehead atoms. The molecule has 0 aromatic heterocycles. The molecule has 1 saturated heterocycles. The second-order valence-corrected chi connectivity index (χ2v) is 6.97. The van der Waals surface area contributed by atoms with Crippen LogP contribution in [0.2, 0.25) is 0 Å². The molecule has 0 saturated carbocycles. The van der Waals surface area contributed by atoms with E-state index in [4.69, 9.17) is 0 Å². The Bertz CT molecular complexity index is 751. The van der Waals surface area contributed by atoms with Crippen LogP contribution in [0, 0.1) is 12.8 Å². The molecule has 0 unspecified atom stereocenters. The number of amides is 1. The standard InChI is InChI=1S/C20H22N2O/c1-13-3-5-14(6-4-13)15-7-8-17-18(9-15)20(23)21-10-16-11-22(2)12-19(16)17/h3-9,16,19H,10-12H2,1-2H3,(H,21,23)/t16-,19-/m0/s1. The maximum absolute atomic E-state index is 12.5. The number of fused-ring (bicyclic) bond motifs is 3. The molecular formula is C20H22N2O. The van der Waals surface area contributed by atoms with Gasteiger partial charge in [-0.25, -0.2) is 0 Å². The van der Waals surface area contributed by atoms with Crippen molar-refractivity contribution in [2.75, 3.05) is 26.7 Å². The van der Waals surface area contributed by atoms with E-state index in [0.717, 1.165) is 36.3 Å². The van der Waals surface area contributed by atoms with Crippen molar-refractivity contribution < 1.29 is 4.79 Å². The molecule has 3 nitrogen and oxygen atoms in total. The minimum Gasteiger partial charge on any atom is -0.352 e. The Morgan fingerprint density at radius 3 is 2.57 bits per heavy atom. The molecule has 1 N–H and O–H groups in total. The molecule has 2 aliphatic rings. The highest BCUT2D eigenvalue weighted by atomic mass is 16.1. The Morgan fingerprint density at radius 1 is 1.04 bits per heavy atom. The average Bonchev–Trinajstić information content (AvgIpc) is 2.88. The lowest BCUT2D eigenvalue weighted by Crippen LogP contribution is -2.29. The van der Waals surface area contributed by atoms with Gasteiger partial charge in [-0.2, -0.15) is 0 Å². The third kappa shape index (κ3) is 2.55. The second kappa shape index (κ2) is 5.50. The fourth-order valence-electron chi connectivity index (χ4n) is 3.97.